The summed E-state index contributed by atoms with van der Waals surface area (Å²) in [4.78, 5) is 11.6. The first-order valence-corrected chi connectivity index (χ1v) is 10.8. The topological polar surface area (TPSA) is 61.0 Å². The second-order valence-corrected chi connectivity index (χ2v) is 9.07. The molecule has 6 heteroatoms. The average molecular weight is 386 g/mol. The fourth-order valence-electron chi connectivity index (χ4n) is 3.28. The first-order valence-electron chi connectivity index (χ1n) is 8.96. The highest BCUT2D eigenvalue weighted by Gasteiger charge is 2.32. The van der Waals surface area contributed by atoms with E-state index in [-0.39, 0.29) is 5.60 Å². The van der Waals surface area contributed by atoms with Gasteiger partial charge in [0, 0.05) is 17.1 Å². The summed E-state index contributed by atoms with van der Waals surface area (Å²) in [6.07, 6.45) is 2.86. The second kappa shape index (κ2) is 7.18. The van der Waals surface area contributed by atoms with E-state index in [0.717, 1.165) is 40.4 Å². The Hall–Kier alpha value is -1.63. The maximum Gasteiger partial charge on any atom is 0.190 e. The van der Waals surface area contributed by atoms with Crippen molar-refractivity contribution < 1.29 is 4.74 Å². The molecule has 0 bridgehead atoms. The number of nitrogens with zero attached hydrogens (tertiary/aromatic N) is 2. The molecule has 4 nitrogen and oxygen atoms in total. The van der Waals surface area contributed by atoms with Crippen LogP contribution in [0, 0.1) is 0 Å². The van der Waals surface area contributed by atoms with Crippen LogP contribution in [0.15, 0.2) is 35.5 Å². The summed E-state index contributed by atoms with van der Waals surface area (Å²) in [5.74, 6) is 1.55. The van der Waals surface area contributed by atoms with Gasteiger partial charge in [-0.15, -0.1) is 11.3 Å². The molecule has 1 atom stereocenters. The number of hydrogen-bond donors (Lipinski definition) is 1. The molecule has 1 aromatic carbocycles. The summed E-state index contributed by atoms with van der Waals surface area (Å²) in [5.41, 5.74) is 8.85. The van der Waals surface area contributed by atoms with E-state index in [1.807, 2.05) is 6.07 Å². The zero-order valence-corrected chi connectivity index (χ0v) is 16.8. The summed E-state index contributed by atoms with van der Waals surface area (Å²) in [7, 11) is 0. The van der Waals surface area contributed by atoms with E-state index in [4.69, 9.17) is 15.5 Å². The maximum absolute atomic E-state index is 6.34. The van der Waals surface area contributed by atoms with Crippen molar-refractivity contribution in [2.24, 2.45) is 0 Å². The van der Waals surface area contributed by atoms with Crippen molar-refractivity contribution in [1.29, 1.82) is 0 Å². The number of hydrogen-bond acceptors (Lipinski definition) is 6. The van der Waals surface area contributed by atoms with Crippen LogP contribution in [0.25, 0.3) is 10.2 Å². The van der Waals surface area contributed by atoms with Crippen LogP contribution < -0.4 is 5.73 Å². The molecule has 1 aliphatic rings. The molecule has 0 radical (unpaired) electrons. The Morgan fingerprint density at radius 2 is 2.08 bits per heavy atom. The van der Waals surface area contributed by atoms with Gasteiger partial charge >= 0.3 is 0 Å². The van der Waals surface area contributed by atoms with Gasteiger partial charge in [0.15, 0.2) is 5.16 Å². The summed E-state index contributed by atoms with van der Waals surface area (Å²) < 4.78 is 6.07. The molecular weight excluding hydrogens is 362 g/mol. The lowest BCUT2D eigenvalue weighted by Gasteiger charge is -2.33. The van der Waals surface area contributed by atoms with Crippen LogP contribution in [-0.4, -0.2) is 21.3 Å². The number of nitrogens with two attached hydrogens (primary N) is 1. The van der Waals surface area contributed by atoms with E-state index in [1.54, 1.807) is 23.1 Å². The Morgan fingerprint density at radius 3 is 2.85 bits per heavy atom. The molecule has 3 heterocycles. The van der Waals surface area contributed by atoms with E-state index in [0.29, 0.717) is 12.4 Å². The maximum atomic E-state index is 6.34. The van der Waals surface area contributed by atoms with Gasteiger partial charge in [-0.05, 0) is 30.9 Å². The molecule has 3 aromatic rings. The first kappa shape index (κ1) is 17.8. The molecule has 4 rings (SSSR count). The Labute approximate surface area is 162 Å². The van der Waals surface area contributed by atoms with E-state index < -0.39 is 0 Å². The Balaban J connectivity index is 1.56. The third-order valence-corrected chi connectivity index (χ3v) is 7.01. The van der Waals surface area contributed by atoms with Crippen molar-refractivity contribution in [2.45, 2.75) is 50.5 Å². The molecular formula is C20H23N3OS2. The predicted molar refractivity (Wildman–Crippen MR) is 110 cm³/mol. The summed E-state index contributed by atoms with van der Waals surface area (Å²) in [6.45, 7) is 4.99. The number of aryl methyl sites for hydroxylation is 1. The fraction of sp³-hybridized carbons (Fsp3) is 0.400. The van der Waals surface area contributed by atoms with Crippen molar-refractivity contribution in [3.63, 3.8) is 0 Å². The number of ether oxygens (including phenoxy) is 1. The highest BCUT2D eigenvalue weighted by molar-refractivity contribution is 7.99. The monoisotopic (exact) mass is 385 g/mol. The van der Waals surface area contributed by atoms with Crippen molar-refractivity contribution in [3.8, 4) is 0 Å². The normalized spacial score (nSPS) is 19.6. The van der Waals surface area contributed by atoms with Crippen LogP contribution in [0.1, 0.15) is 36.3 Å². The predicted octanol–water partition coefficient (Wildman–Crippen LogP) is 4.85. The SMILES string of the molecule is CC[C@@]1(C)Cc2c(sc3nc(SCCc4ccccc4)nc(N)c23)CO1. The highest BCUT2D eigenvalue weighted by atomic mass is 32.2. The Kier molecular flexibility index (Phi) is 4.90. The van der Waals surface area contributed by atoms with E-state index in [1.165, 1.54) is 16.0 Å². The molecule has 136 valence electrons. The van der Waals surface area contributed by atoms with Gasteiger partial charge in [-0.25, -0.2) is 9.97 Å². The number of thiophene rings is 1. The second-order valence-electron chi connectivity index (χ2n) is 6.93. The first-order chi connectivity index (χ1) is 12.6. The molecule has 1 aliphatic heterocycles. The summed E-state index contributed by atoms with van der Waals surface area (Å²) >= 11 is 3.37. The lowest BCUT2D eigenvalue weighted by atomic mass is 9.90. The van der Waals surface area contributed by atoms with Gasteiger partial charge in [0.1, 0.15) is 10.6 Å². The summed E-state index contributed by atoms with van der Waals surface area (Å²) in [5, 5.41) is 1.81. The molecule has 0 saturated heterocycles. The quantitative estimate of drug-likeness (QED) is 0.502. The summed E-state index contributed by atoms with van der Waals surface area (Å²) in [6, 6.07) is 10.5. The molecule has 0 amide bonds. The molecule has 0 saturated carbocycles. The zero-order chi connectivity index (χ0) is 18.1. The molecule has 0 aliphatic carbocycles. The van der Waals surface area contributed by atoms with Gasteiger partial charge in [-0.3, -0.25) is 0 Å². The van der Waals surface area contributed by atoms with E-state index >= 15 is 0 Å². The lowest BCUT2D eigenvalue weighted by Crippen LogP contribution is -2.33. The molecule has 2 aromatic heterocycles. The number of anilines is 1. The number of rotatable bonds is 5. The molecule has 2 N–H and O–H groups in total. The van der Waals surface area contributed by atoms with E-state index in [2.05, 4.69) is 43.1 Å². The minimum absolute atomic E-state index is 0.115. The molecule has 26 heavy (non-hydrogen) atoms. The molecule has 0 fully saturated rings. The third-order valence-electron chi connectivity index (χ3n) is 5.06. The van der Waals surface area contributed by atoms with Crippen molar-refractivity contribution >= 4 is 39.1 Å². The van der Waals surface area contributed by atoms with Crippen LogP contribution >= 0.6 is 23.1 Å². The Morgan fingerprint density at radius 1 is 1.27 bits per heavy atom. The highest BCUT2D eigenvalue weighted by Crippen LogP contribution is 2.41. The molecule has 0 spiro atoms. The minimum atomic E-state index is -0.115. The van der Waals surface area contributed by atoms with Gasteiger partial charge in [0.25, 0.3) is 0 Å². The molecule has 0 unspecified atom stereocenters. The number of thioether (sulfide) groups is 1. The van der Waals surface area contributed by atoms with Gasteiger partial charge < -0.3 is 10.5 Å². The Bertz CT molecular complexity index is 926. The van der Waals surface area contributed by atoms with Gasteiger partial charge in [-0.1, -0.05) is 49.0 Å². The fourth-order valence-corrected chi connectivity index (χ4v) is 5.28. The van der Waals surface area contributed by atoms with Crippen LogP contribution in [0.3, 0.4) is 0 Å². The van der Waals surface area contributed by atoms with Gasteiger partial charge in [0.2, 0.25) is 0 Å². The van der Waals surface area contributed by atoms with Crippen LogP contribution in [0.2, 0.25) is 0 Å². The third kappa shape index (κ3) is 3.46. The lowest BCUT2D eigenvalue weighted by molar-refractivity contribution is -0.0542. The van der Waals surface area contributed by atoms with Crippen LogP contribution in [-0.2, 0) is 24.2 Å². The van der Waals surface area contributed by atoms with Crippen LogP contribution in [0.5, 0.6) is 0 Å². The number of fused-ring (bicyclic) bond motifs is 3. The number of nitrogen functional groups attached to an aromatic ring is 1. The zero-order valence-electron chi connectivity index (χ0n) is 15.1. The smallest absolute Gasteiger partial charge is 0.190 e. The van der Waals surface area contributed by atoms with Crippen molar-refractivity contribution in [3.05, 3.63) is 46.3 Å². The van der Waals surface area contributed by atoms with Crippen LogP contribution in [0.4, 0.5) is 5.82 Å². The van der Waals surface area contributed by atoms with Crippen molar-refractivity contribution in [2.75, 3.05) is 11.5 Å². The average Bonchev–Trinajstić information content (AvgIpc) is 3.00. The van der Waals surface area contributed by atoms with Gasteiger partial charge in [0.05, 0.1) is 17.6 Å². The van der Waals surface area contributed by atoms with Crippen molar-refractivity contribution in [1.82, 2.24) is 9.97 Å². The van der Waals surface area contributed by atoms with E-state index in [9.17, 15) is 0 Å². The largest absolute Gasteiger partial charge is 0.383 e. The standard InChI is InChI=1S/C20H23N3OS2/c1-3-20(2)11-14-15(12-24-20)26-18-16(14)17(21)22-19(23-18)25-10-9-13-7-5-4-6-8-13/h4-8H,3,9-12H2,1-2H3,(H2,21,22,23)/t20-/m0/s1. The number of aromatic nitrogens is 2. The van der Waals surface area contributed by atoms with Gasteiger partial charge in [-0.2, -0.15) is 0 Å². The minimum Gasteiger partial charge on any atom is -0.383 e. The number of benzene rings is 1.